The molecule has 0 aliphatic rings. The van der Waals surface area contributed by atoms with Gasteiger partial charge in [-0.3, -0.25) is 9.59 Å². The molecule has 0 unspecified atom stereocenters. The van der Waals surface area contributed by atoms with Crippen LogP contribution in [0.15, 0.2) is 42.5 Å². The lowest BCUT2D eigenvalue weighted by Crippen LogP contribution is -2.39. The third-order valence-electron chi connectivity index (χ3n) is 3.44. The lowest BCUT2D eigenvalue weighted by molar-refractivity contribution is -0.123. The van der Waals surface area contributed by atoms with Gasteiger partial charge >= 0.3 is 0 Å². The first-order chi connectivity index (χ1) is 12.4. The lowest BCUT2D eigenvalue weighted by Gasteiger charge is -2.21. The Kier molecular flexibility index (Phi) is 6.91. The first kappa shape index (κ1) is 19.7. The molecule has 0 aromatic heterocycles. The first-order valence-electron chi connectivity index (χ1n) is 7.75. The molecule has 2 amide bonds. The van der Waals surface area contributed by atoms with Gasteiger partial charge in [0.05, 0.1) is 0 Å². The van der Waals surface area contributed by atoms with E-state index >= 15 is 0 Å². The predicted molar refractivity (Wildman–Crippen MR) is 94.3 cm³/mol. The smallest absolute Gasteiger partial charge is 0.258 e. The summed E-state index contributed by atoms with van der Waals surface area (Å²) in [6.07, 6.45) is 0. The topological polar surface area (TPSA) is 58.6 Å². The maximum atomic E-state index is 13.3. The summed E-state index contributed by atoms with van der Waals surface area (Å²) in [5.74, 6) is -2.29. The van der Waals surface area contributed by atoms with Crippen LogP contribution in [-0.4, -0.2) is 31.5 Å². The van der Waals surface area contributed by atoms with Crippen LogP contribution in [0.1, 0.15) is 6.92 Å². The van der Waals surface area contributed by atoms with Crippen LogP contribution in [0.4, 0.5) is 14.5 Å². The molecule has 26 heavy (non-hydrogen) atoms. The van der Waals surface area contributed by atoms with Crippen molar-refractivity contribution in [3.63, 3.8) is 0 Å². The van der Waals surface area contributed by atoms with Gasteiger partial charge < -0.3 is 15.0 Å². The van der Waals surface area contributed by atoms with E-state index in [1.54, 1.807) is 24.3 Å². The fourth-order valence-electron chi connectivity index (χ4n) is 2.16. The molecule has 0 atom stereocenters. The monoisotopic (exact) mass is 382 g/mol. The third-order valence-corrected chi connectivity index (χ3v) is 3.69. The van der Waals surface area contributed by atoms with Crippen LogP contribution in [0.3, 0.4) is 0 Å². The molecule has 8 heteroatoms. The molecule has 0 spiro atoms. The van der Waals surface area contributed by atoms with E-state index < -0.39 is 11.6 Å². The van der Waals surface area contributed by atoms with E-state index in [1.165, 1.54) is 17.9 Å². The largest absolute Gasteiger partial charge is 0.484 e. The zero-order valence-corrected chi connectivity index (χ0v) is 14.7. The zero-order valence-electron chi connectivity index (χ0n) is 14.0. The van der Waals surface area contributed by atoms with Crippen molar-refractivity contribution in [1.82, 2.24) is 5.32 Å². The number of carbonyl (C=O) groups excluding carboxylic acids is 2. The Hall–Kier alpha value is -2.67. The third kappa shape index (κ3) is 5.70. The highest BCUT2D eigenvalue weighted by Gasteiger charge is 2.14. The molecule has 2 aromatic carbocycles. The summed E-state index contributed by atoms with van der Waals surface area (Å²) in [5, 5.41) is 3.15. The van der Waals surface area contributed by atoms with Gasteiger partial charge in [0.1, 0.15) is 5.75 Å². The Labute approximate surface area is 154 Å². The minimum atomic E-state index is -1.05. The molecule has 0 radical (unpaired) electrons. The van der Waals surface area contributed by atoms with Crippen molar-refractivity contribution in [2.45, 2.75) is 6.92 Å². The Morgan fingerprint density at radius 3 is 2.42 bits per heavy atom. The van der Waals surface area contributed by atoms with Crippen molar-refractivity contribution in [2.24, 2.45) is 0 Å². The van der Waals surface area contributed by atoms with Crippen LogP contribution in [-0.2, 0) is 9.59 Å². The van der Waals surface area contributed by atoms with Gasteiger partial charge in [-0.25, -0.2) is 8.78 Å². The van der Waals surface area contributed by atoms with Crippen LogP contribution < -0.4 is 15.0 Å². The number of rotatable bonds is 7. The maximum Gasteiger partial charge on any atom is 0.258 e. The number of carbonyl (C=O) groups is 2. The molecule has 0 aliphatic heterocycles. The highest BCUT2D eigenvalue weighted by atomic mass is 35.5. The Morgan fingerprint density at radius 1 is 1.12 bits per heavy atom. The molecular weight excluding hydrogens is 366 g/mol. The Bertz CT molecular complexity index is 785. The van der Waals surface area contributed by atoms with Gasteiger partial charge in [0.25, 0.3) is 5.91 Å². The van der Waals surface area contributed by atoms with Crippen molar-refractivity contribution in [3.8, 4) is 5.75 Å². The van der Waals surface area contributed by atoms with Crippen molar-refractivity contribution in [3.05, 3.63) is 59.1 Å². The number of hydrogen-bond acceptors (Lipinski definition) is 3. The van der Waals surface area contributed by atoms with Crippen molar-refractivity contribution in [1.29, 1.82) is 0 Å². The van der Waals surface area contributed by atoms with Crippen LogP contribution >= 0.6 is 11.6 Å². The molecule has 0 fully saturated rings. The van der Waals surface area contributed by atoms with E-state index in [2.05, 4.69) is 5.32 Å². The Morgan fingerprint density at radius 2 is 1.81 bits per heavy atom. The van der Waals surface area contributed by atoms with E-state index in [4.69, 9.17) is 16.3 Å². The number of nitrogens with zero attached hydrogens (tertiary/aromatic N) is 1. The van der Waals surface area contributed by atoms with Crippen molar-refractivity contribution >= 4 is 29.1 Å². The molecule has 0 saturated carbocycles. The quantitative estimate of drug-likeness (QED) is 0.800. The number of benzene rings is 2. The van der Waals surface area contributed by atoms with Gasteiger partial charge in [-0.2, -0.15) is 0 Å². The molecule has 0 bridgehead atoms. The predicted octanol–water partition coefficient (Wildman–Crippen LogP) is 3.17. The lowest BCUT2D eigenvalue weighted by atomic mass is 10.2. The molecule has 2 aromatic rings. The summed E-state index contributed by atoms with van der Waals surface area (Å²) in [6, 6.07) is 9.72. The van der Waals surface area contributed by atoms with E-state index in [0.29, 0.717) is 10.8 Å². The van der Waals surface area contributed by atoms with Crippen LogP contribution in [0.2, 0.25) is 5.02 Å². The molecule has 0 aliphatic carbocycles. The van der Waals surface area contributed by atoms with E-state index in [1.807, 2.05) is 0 Å². The highest BCUT2D eigenvalue weighted by molar-refractivity contribution is 6.30. The second kappa shape index (κ2) is 9.15. The summed E-state index contributed by atoms with van der Waals surface area (Å²) in [7, 11) is 0. The fraction of sp³-hybridized carbons (Fsp3) is 0.222. The van der Waals surface area contributed by atoms with E-state index in [-0.39, 0.29) is 37.2 Å². The molecule has 0 heterocycles. The molecule has 5 nitrogen and oxygen atoms in total. The van der Waals surface area contributed by atoms with Crippen LogP contribution in [0.5, 0.6) is 5.75 Å². The van der Waals surface area contributed by atoms with Crippen molar-refractivity contribution in [2.75, 3.05) is 24.6 Å². The SMILES string of the molecule is CC(=O)N(CCNC(=O)COc1ccc(Cl)cc1)c1ccc(F)c(F)c1. The molecular formula is C18H17ClF2N2O3. The van der Waals surface area contributed by atoms with Crippen LogP contribution in [0.25, 0.3) is 0 Å². The standard InChI is InChI=1S/C18H17ClF2N2O3/c1-12(24)23(14-4-7-16(20)17(21)10-14)9-8-22-18(25)11-26-15-5-2-13(19)3-6-15/h2-7,10H,8-9,11H2,1H3,(H,22,25). The number of halogens is 3. The molecule has 2 rings (SSSR count). The first-order valence-corrected chi connectivity index (χ1v) is 8.13. The van der Waals surface area contributed by atoms with Gasteiger partial charge in [0.15, 0.2) is 18.2 Å². The minimum absolute atomic E-state index is 0.104. The number of nitrogens with one attached hydrogen (secondary N) is 1. The van der Waals surface area contributed by atoms with E-state index in [9.17, 15) is 18.4 Å². The molecule has 0 saturated heterocycles. The number of ether oxygens (including phenoxy) is 1. The maximum absolute atomic E-state index is 13.3. The minimum Gasteiger partial charge on any atom is -0.484 e. The van der Waals surface area contributed by atoms with Gasteiger partial charge in [-0.05, 0) is 36.4 Å². The van der Waals surface area contributed by atoms with Crippen molar-refractivity contribution < 1.29 is 23.1 Å². The number of hydrogen-bond donors (Lipinski definition) is 1. The second-order valence-corrected chi connectivity index (χ2v) is 5.80. The molecule has 1 N–H and O–H groups in total. The normalized spacial score (nSPS) is 10.3. The van der Waals surface area contributed by atoms with Gasteiger partial charge in [0.2, 0.25) is 5.91 Å². The second-order valence-electron chi connectivity index (χ2n) is 5.36. The summed E-state index contributed by atoms with van der Waals surface area (Å²) < 4.78 is 31.6. The van der Waals surface area contributed by atoms with E-state index in [0.717, 1.165) is 12.1 Å². The fourth-order valence-corrected chi connectivity index (χ4v) is 2.29. The average Bonchev–Trinajstić information content (AvgIpc) is 2.60. The van der Waals surface area contributed by atoms with Crippen LogP contribution in [0, 0.1) is 11.6 Å². The van der Waals surface area contributed by atoms with Gasteiger partial charge in [0, 0.05) is 36.8 Å². The molecule has 138 valence electrons. The number of amides is 2. The summed E-state index contributed by atoms with van der Waals surface area (Å²) in [6.45, 7) is 1.33. The summed E-state index contributed by atoms with van der Waals surface area (Å²) in [5.41, 5.74) is 0.211. The Balaban J connectivity index is 1.83. The highest BCUT2D eigenvalue weighted by Crippen LogP contribution is 2.18. The zero-order chi connectivity index (χ0) is 19.1. The van der Waals surface area contributed by atoms with Gasteiger partial charge in [-0.1, -0.05) is 11.6 Å². The number of anilines is 1. The summed E-state index contributed by atoms with van der Waals surface area (Å²) >= 11 is 5.76. The van der Waals surface area contributed by atoms with Gasteiger partial charge in [-0.15, -0.1) is 0 Å². The summed E-state index contributed by atoms with van der Waals surface area (Å²) in [4.78, 5) is 24.7. The average molecular weight is 383 g/mol.